The molecule has 0 unspecified atom stereocenters. The minimum absolute atomic E-state index is 0.208. The lowest BCUT2D eigenvalue weighted by Crippen LogP contribution is -2.47. The predicted molar refractivity (Wildman–Crippen MR) is 81.3 cm³/mol. The van der Waals surface area contributed by atoms with Crippen molar-refractivity contribution in [1.82, 2.24) is 4.90 Å². The fourth-order valence-electron chi connectivity index (χ4n) is 2.59. The topological polar surface area (TPSA) is 32.3 Å². The lowest BCUT2D eigenvalue weighted by molar-refractivity contribution is -0.144. The van der Waals surface area contributed by atoms with E-state index < -0.39 is 24.8 Å². The minimum atomic E-state index is -4.51. The SMILES string of the molecule is O=C1c2ccccc2N[C@@H](c2ccccc2Cl)N1CC(F)(F)F. The smallest absolute Gasteiger partial charge is 0.361 e. The Morgan fingerprint density at radius 3 is 2.43 bits per heavy atom. The van der Waals surface area contributed by atoms with Crippen LogP contribution in [-0.2, 0) is 0 Å². The molecule has 0 spiro atoms. The lowest BCUT2D eigenvalue weighted by Gasteiger charge is -2.38. The maximum atomic E-state index is 12.9. The zero-order valence-electron chi connectivity index (χ0n) is 11.8. The Balaban J connectivity index is 2.08. The molecule has 1 N–H and O–H groups in total. The van der Waals surface area contributed by atoms with Gasteiger partial charge in [0, 0.05) is 16.3 Å². The normalized spacial score (nSPS) is 17.7. The van der Waals surface area contributed by atoms with E-state index in [0.717, 1.165) is 4.90 Å². The van der Waals surface area contributed by atoms with Gasteiger partial charge in [0.05, 0.1) is 5.56 Å². The number of alkyl halides is 3. The molecule has 1 heterocycles. The van der Waals surface area contributed by atoms with Crippen LogP contribution < -0.4 is 5.32 Å². The van der Waals surface area contributed by atoms with E-state index in [4.69, 9.17) is 11.6 Å². The van der Waals surface area contributed by atoms with E-state index in [9.17, 15) is 18.0 Å². The standard InChI is InChI=1S/C16H12ClF3N2O/c17-12-7-3-1-5-10(12)14-21-13-8-4-2-6-11(13)15(23)22(14)9-16(18,19)20/h1-8,14,21H,9H2/t14-/m1/s1. The monoisotopic (exact) mass is 340 g/mol. The Morgan fingerprint density at radius 2 is 1.74 bits per heavy atom. The average molecular weight is 341 g/mol. The minimum Gasteiger partial charge on any atom is -0.361 e. The van der Waals surface area contributed by atoms with Gasteiger partial charge in [0.25, 0.3) is 5.91 Å². The molecule has 3 rings (SSSR count). The number of hydrogen-bond acceptors (Lipinski definition) is 2. The highest BCUT2D eigenvalue weighted by molar-refractivity contribution is 6.31. The molecule has 1 aliphatic rings. The molecule has 0 aromatic heterocycles. The van der Waals surface area contributed by atoms with Gasteiger partial charge in [-0.1, -0.05) is 41.9 Å². The van der Waals surface area contributed by atoms with Gasteiger partial charge >= 0.3 is 6.18 Å². The van der Waals surface area contributed by atoms with Crippen LogP contribution in [0, 0.1) is 0 Å². The molecular weight excluding hydrogens is 329 g/mol. The van der Waals surface area contributed by atoms with Gasteiger partial charge in [-0.2, -0.15) is 13.2 Å². The molecule has 0 bridgehead atoms. The number of carbonyl (C=O) groups excluding carboxylic acids is 1. The van der Waals surface area contributed by atoms with Crippen LogP contribution in [0.25, 0.3) is 0 Å². The summed E-state index contributed by atoms with van der Waals surface area (Å²) < 4.78 is 38.8. The molecular formula is C16H12ClF3N2O. The lowest BCUT2D eigenvalue weighted by atomic mass is 10.0. The third kappa shape index (κ3) is 3.12. The van der Waals surface area contributed by atoms with Crippen molar-refractivity contribution >= 4 is 23.2 Å². The molecule has 0 aliphatic carbocycles. The highest BCUT2D eigenvalue weighted by Crippen LogP contribution is 2.37. The van der Waals surface area contributed by atoms with Crippen LogP contribution in [0.3, 0.4) is 0 Å². The van der Waals surface area contributed by atoms with E-state index in [2.05, 4.69) is 5.32 Å². The Bertz CT molecular complexity index is 748. The summed E-state index contributed by atoms with van der Waals surface area (Å²) in [5, 5.41) is 3.27. The number of halogens is 4. The Hall–Kier alpha value is -2.21. The van der Waals surface area contributed by atoms with E-state index in [1.807, 2.05) is 0 Å². The molecule has 7 heteroatoms. The van der Waals surface area contributed by atoms with E-state index in [-0.39, 0.29) is 5.56 Å². The summed E-state index contributed by atoms with van der Waals surface area (Å²) in [6.45, 7) is -1.36. The van der Waals surface area contributed by atoms with Crippen LogP contribution in [0.1, 0.15) is 22.1 Å². The van der Waals surface area contributed by atoms with Crippen LogP contribution in [-0.4, -0.2) is 23.5 Å². The molecule has 2 aromatic rings. The largest absolute Gasteiger partial charge is 0.406 e. The van der Waals surface area contributed by atoms with Gasteiger partial charge in [0.2, 0.25) is 0 Å². The summed E-state index contributed by atoms with van der Waals surface area (Å²) >= 11 is 6.11. The van der Waals surface area contributed by atoms with Crippen LogP contribution >= 0.6 is 11.6 Å². The number of hydrogen-bond donors (Lipinski definition) is 1. The Kier molecular flexibility index (Phi) is 3.93. The third-order valence-corrected chi connectivity index (χ3v) is 3.92. The van der Waals surface area contributed by atoms with E-state index in [0.29, 0.717) is 16.3 Å². The fraction of sp³-hybridized carbons (Fsp3) is 0.188. The number of carbonyl (C=O) groups is 1. The second kappa shape index (κ2) is 5.77. The first-order valence-corrected chi connectivity index (χ1v) is 7.22. The van der Waals surface area contributed by atoms with E-state index >= 15 is 0 Å². The van der Waals surface area contributed by atoms with Gasteiger partial charge in [0.15, 0.2) is 0 Å². The molecule has 0 radical (unpaired) electrons. The van der Waals surface area contributed by atoms with Crippen molar-refractivity contribution in [2.24, 2.45) is 0 Å². The maximum Gasteiger partial charge on any atom is 0.406 e. The number of para-hydroxylation sites is 1. The molecule has 3 nitrogen and oxygen atoms in total. The first-order chi connectivity index (χ1) is 10.9. The second-order valence-electron chi connectivity index (χ2n) is 5.16. The molecule has 1 aliphatic heterocycles. The Morgan fingerprint density at radius 1 is 1.09 bits per heavy atom. The number of nitrogens with one attached hydrogen (secondary N) is 1. The molecule has 120 valence electrons. The van der Waals surface area contributed by atoms with Crippen molar-refractivity contribution in [1.29, 1.82) is 0 Å². The maximum absolute atomic E-state index is 12.9. The van der Waals surface area contributed by atoms with Crippen LogP contribution in [0.15, 0.2) is 48.5 Å². The van der Waals surface area contributed by atoms with Crippen molar-refractivity contribution in [3.8, 4) is 0 Å². The van der Waals surface area contributed by atoms with Crippen LogP contribution in [0.2, 0.25) is 5.02 Å². The Labute approximate surface area is 135 Å². The number of rotatable bonds is 2. The zero-order chi connectivity index (χ0) is 16.6. The number of nitrogens with zero attached hydrogens (tertiary/aromatic N) is 1. The van der Waals surface area contributed by atoms with E-state index in [1.54, 1.807) is 42.5 Å². The summed E-state index contributed by atoms with van der Waals surface area (Å²) in [4.78, 5) is 13.3. The van der Waals surface area contributed by atoms with Crippen LogP contribution in [0.4, 0.5) is 18.9 Å². The van der Waals surface area contributed by atoms with Crippen molar-refractivity contribution in [3.63, 3.8) is 0 Å². The molecule has 1 amide bonds. The first kappa shape index (κ1) is 15.7. The van der Waals surface area contributed by atoms with Gasteiger partial charge in [-0.15, -0.1) is 0 Å². The number of benzene rings is 2. The van der Waals surface area contributed by atoms with Crippen molar-refractivity contribution in [3.05, 3.63) is 64.7 Å². The molecule has 0 saturated heterocycles. The molecule has 0 fully saturated rings. The number of amides is 1. The summed E-state index contributed by atoms with van der Waals surface area (Å²) in [5.41, 5.74) is 1.11. The average Bonchev–Trinajstić information content (AvgIpc) is 2.50. The summed E-state index contributed by atoms with van der Waals surface area (Å²) in [6.07, 6.45) is -5.49. The third-order valence-electron chi connectivity index (χ3n) is 3.57. The zero-order valence-corrected chi connectivity index (χ0v) is 12.5. The number of anilines is 1. The predicted octanol–water partition coefficient (Wildman–Crippen LogP) is 4.47. The summed E-state index contributed by atoms with van der Waals surface area (Å²) in [6, 6.07) is 13.0. The van der Waals surface area contributed by atoms with Gasteiger partial charge in [-0.25, -0.2) is 0 Å². The van der Waals surface area contributed by atoms with Gasteiger partial charge in [-0.05, 0) is 18.2 Å². The van der Waals surface area contributed by atoms with Crippen LogP contribution in [0.5, 0.6) is 0 Å². The molecule has 23 heavy (non-hydrogen) atoms. The molecule has 2 aromatic carbocycles. The number of fused-ring (bicyclic) bond motifs is 1. The van der Waals surface area contributed by atoms with Gasteiger partial charge in [0.1, 0.15) is 12.7 Å². The van der Waals surface area contributed by atoms with Crippen molar-refractivity contribution in [2.75, 3.05) is 11.9 Å². The van der Waals surface area contributed by atoms with Gasteiger partial charge in [-0.3, -0.25) is 4.79 Å². The quantitative estimate of drug-likeness (QED) is 0.875. The van der Waals surface area contributed by atoms with E-state index in [1.165, 1.54) is 6.07 Å². The van der Waals surface area contributed by atoms with Gasteiger partial charge < -0.3 is 10.2 Å². The van der Waals surface area contributed by atoms with Crippen molar-refractivity contribution in [2.45, 2.75) is 12.3 Å². The molecule has 1 atom stereocenters. The highest BCUT2D eigenvalue weighted by atomic mass is 35.5. The van der Waals surface area contributed by atoms with Crippen molar-refractivity contribution < 1.29 is 18.0 Å². The fourth-order valence-corrected chi connectivity index (χ4v) is 2.83. The summed E-state index contributed by atoms with van der Waals surface area (Å²) in [5.74, 6) is -0.679. The first-order valence-electron chi connectivity index (χ1n) is 6.84. The molecule has 0 saturated carbocycles. The second-order valence-corrected chi connectivity index (χ2v) is 5.57. The highest BCUT2D eigenvalue weighted by Gasteiger charge is 2.41. The summed E-state index contributed by atoms with van der Waals surface area (Å²) in [7, 11) is 0.